The summed E-state index contributed by atoms with van der Waals surface area (Å²) in [5.41, 5.74) is 0.691. The zero-order chi connectivity index (χ0) is 16.9. The second kappa shape index (κ2) is 7.69. The average molecular weight is 345 g/mol. The lowest BCUT2D eigenvalue weighted by Crippen LogP contribution is -2.43. The van der Waals surface area contributed by atoms with Crippen molar-refractivity contribution in [2.45, 2.75) is 18.9 Å². The molecule has 1 N–H and O–H groups in total. The minimum absolute atomic E-state index is 0.0823. The van der Waals surface area contributed by atoms with Gasteiger partial charge in [-0.15, -0.1) is 0 Å². The molecule has 1 aliphatic rings. The van der Waals surface area contributed by atoms with Gasteiger partial charge in [0.1, 0.15) is 11.5 Å². The fourth-order valence-electron chi connectivity index (χ4n) is 2.89. The molecule has 2 aromatic rings. The molecule has 4 nitrogen and oxygen atoms in total. The van der Waals surface area contributed by atoms with E-state index in [2.05, 4.69) is 5.32 Å². The Morgan fingerprint density at radius 2 is 1.83 bits per heavy atom. The molecular weight excluding hydrogens is 324 g/mol. The molecule has 0 radical (unpaired) electrons. The van der Waals surface area contributed by atoms with E-state index in [1.54, 1.807) is 12.1 Å². The lowest BCUT2D eigenvalue weighted by Gasteiger charge is -2.31. The average Bonchev–Trinajstić information content (AvgIpc) is 2.62. The number of carbonyl (C=O) groups excluding carboxylic acids is 1. The normalized spacial score (nSPS) is 15.3. The molecule has 0 unspecified atom stereocenters. The predicted molar refractivity (Wildman–Crippen MR) is 96.0 cm³/mol. The first-order chi connectivity index (χ1) is 11.7. The highest BCUT2D eigenvalue weighted by molar-refractivity contribution is 6.30. The number of rotatable bonds is 4. The SMILES string of the molecule is CNC1CCN(C(=O)c2ccc(Oc3cccc(Cl)c3)cc2)CC1. The van der Waals surface area contributed by atoms with Gasteiger partial charge in [-0.05, 0) is 62.4 Å². The highest BCUT2D eigenvalue weighted by Crippen LogP contribution is 2.25. The van der Waals surface area contributed by atoms with Gasteiger partial charge in [0, 0.05) is 29.7 Å². The molecule has 3 rings (SSSR count). The van der Waals surface area contributed by atoms with Crippen LogP contribution in [0.25, 0.3) is 0 Å². The van der Waals surface area contributed by atoms with Crippen LogP contribution in [-0.4, -0.2) is 37.0 Å². The molecule has 1 aliphatic heterocycles. The van der Waals surface area contributed by atoms with Crippen molar-refractivity contribution in [3.63, 3.8) is 0 Å². The van der Waals surface area contributed by atoms with Crippen molar-refractivity contribution >= 4 is 17.5 Å². The fraction of sp³-hybridized carbons (Fsp3) is 0.316. The lowest BCUT2D eigenvalue weighted by molar-refractivity contribution is 0.0707. The summed E-state index contributed by atoms with van der Waals surface area (Å²) in [6, 6.07) is 15.0. The Hall–Kier alpha value is -2.04. The van der Waals surface area contributed by atoms with Gasteiger partial charge in [-0.1, -0.05) is 17.7 Å². The van der Waals surface area contributed by atoms with Gasteiger partial charge in [-0.3, -0.25) is 4.79 Å². The van der Waals surface area contributed by atoms with Crippen LogP contribution in [0.4, 0.5) is 0 Å². The monoisotopic (exact) mass is 344 g/mol. The zero-order valence-electron chi connectivity index (χ0n) is 13.7. The molecule has 2 aromatic carbocycles. The van der Waals surface area contributed by atoms with Gasteiger partial charge >= 0.3 is 0 Å². The number of piperidine rings is 1. The first-order valence-electron chi connectivity index (χ1n) is 8.16. The number of ether oxygens (including phenoxy) is 1. The standard InChI is InChI=1S/C19H21ClN2O2/c1-21-16-9-11-22(12-10-16)19(23)14-5-7-17(8-6-14)24-18-4-2-3-15(20)13-18/h2-8,13,16,21H,9-12H2,1H3. The van der Waals surface area contributed by atoms with Gasteiger partial charge in [-0.25, -0.2) is 0 Å². The van der Waals surface area contributed by atoms with E-state index in [-0.39, 0.29) is 5.91 Å². The zero-order valence-corrected chi connectivity index (χ0v) is 14.4. The van der Waals surface area contributed by atoms with Crippen LogP contribution in [0.1, 0.15) is 23.2 Å². The maximum Gasteiger partial charge on any atom is 0.253 e. The molecule has 0 atom stereocenters. The Balaban J connectivity index is 1.63. The first kappa shape index (κ1) is 16.8. The number of hydrogen-bond acceptors (Lipinski definition) is 3. The quantitative estimate of drug-likeness (QED) is 0.912. The van der Waals surface area contributed by atoms with E-state index in [4.69, 9.17) is 16.3 Å². The van der Waals surface area contributed by atoms with Gasteiger partial charge in [0.25, 0.3) is 5.91 Å². The maximum absolute atomic E-state index is 12.6. The molecule has 1 heterocycles. The number of benzene rings is 2. The highest BCUT2D eigenvalue weighted by Gasteiger charge is 2.22. The second-order valence-electron chi connectivity index (χ2n) is 5.94. The Morgan fingerprint density at radius 3 is 2.46 bits per heavy atom. The molecule has 0 aliphatic carbocycles. The second-order valence-corrected chi connectivity index (χ2v) is 6.38. The third-order valence-electron chi connectivity index (χ3n) is 4.32. The van der Waals surface area contributed by atoms with E-state index < -0.39 is 0 Å². The number of carbonyl (C=O) groups is 1. The number of nitrogens with zero attached hydrogens (tertiary/aromatic N) is 1. The smallest absolute Gasteiger partial charge is 0.253 e. The summed E-state index contributed by atoms with van der Waals surface area (Å²) in [4.78, 5) is 14.5. The van der Waals surface area contributed by atoms with Crippen LogP contribution in [0.5, 0.6) is 11.5 Å². The van der Waals surface area contributed by atoms with Crippen LogP contribution in [0.2, 0.25) is 5.02 Å². The van der Waals surface area contributed by atoms with Crippen molar-refractivity contribution < 1.29 is 9.53 Å². The Morgan fingerprint density at radius 1 is 1.12 bits per heavy atom. The lowest BCUT2D eigenvalue weighted by atomic mass is 10.0. The topological polar surface area (TPSA) is 41.6 Å². The van der Waals surface area contributed by atoms with Gasteiger partial charge in [-0.2, -0.15) is 0 Å². The fourth-order valence-corrected chi connectivity index (χ4v) is 3.07. The van der Waals surface area contributed by atoms with E-state index in [1.165, 1.54) is 0 Å². The van der Waals surface area contributed by atoms with Gasteiger partial charge in [0.05, 0.1) is 0 Å². The minimum Gasteiger partial charge on any atom is -0.457 e. The minimum atomic E-state index is 0.0823. The van der Waals surface area contributed by atoms with Crippen molar-refractivity contribution in [3.05, 3.63) is 59.1 Å². The molecule has 0 saturated carbocycles. The van der Waals surface area contributed by atoms with Crippen molar-refractivity contribution in [3.8, 4) is 11.5 Å². The Bertz CT molecular complexity index is 695. The van der Waals surface area contributed by atoms with E-state index in [0.717, 1.165) is 25.9 Å². The van der Waals surface area contributed by atoms with Crippen LogP contribution >= 0.6 is 11.6 Å². The third-order valence-corrected chi connectivity index (χ3v) is 4.56. The highest BCUT2D eigenvalue weighted by atomic mass is 35.5. The number of halogens is 1. The largest absolute Gasteiger partial charge is 0.457 e. The van der Waals surface area contributed by atoms with Crippen LogP contribution in [-0.2, 0) is 0 Å². The van der Waals surface area contributed by atoms with Gasteiger partial charge < -0.3 is 15.0 Å². The molecule has 1 fully saturated rings. The summed E-state index contributed by atoms with van der Waals surface area (Å²) in [7, 11) is 1.97. The van der Waals surface area contributed by atoms with Crippen molar-refractivity contribution in [1.82, 2.24) is 10.2 Å². The van der Waals surface area contributed by atoms with Crippen molar-refractivity contribution in [2.24, 2.45) is 0 Å². The summed E-state index contributed by atoms with van der Waals surface area (Å²) < 4.78 is 5.75. The van der Waals surface area contributed by atoms with E-state index >= 15 is 0 Å². The van der Waals surface area contributed by atoms with Crippen LogP contribution in [0, 0.1) is 0 Å². The molecule has 5 heteroatoms. The predicted octanol–water partition coefficient (Wildman–Crippen LogP) is 3.96. The number of likely N-dealkylation sites (tertiary alicyclic amines) is 1. The molecular formula is C19H21ClN2O2. The summed E-state index contributed by atoms with van der Waals surface area (Å²) in [6.45, 7) is 1.59. The van der Waals surface area contributed by atoms with Crippen LogP contribution in [0.3, 0.4) is 0 Å². The molecule has 24 heavy (non-hydrogen) atoms. The van der Waals surface area contributed by atoms with E-state index in [1.807, 2.05) is 48.3 Å². The molecule has 126 valence electrons. The maximum atomic E-state index is 12.6. The third kappa shape index (κ3) is 4.08. The number of amides is 1. The molecule has 0 aromatic heterocycles. The van der Waals surface area contributed by atoms with Gasteiger partial charge in [0.15, 0.2) is 0 Å². The Kier molecular flexibility index (Phi) is 5.38. The molecule has 0 bridgehead atoms. The van der Waals surface area contributed by atoms with E-state index in [9.17, 15) is 4.79 Å². The summed E-state index contributed by atoms with van der Waals surface area (Å²) in [5, 5.41) is 3.90. The van der Waals surface area contributed by atoms with Crippen molar-refractivity contribution in [2.75, 3.05) is 20.1 Å². The van der Waals surface area contributed by atoms with Crippen LogP contribution in [0.15, 0.2) is 48.5 Å². The van der Waals surface area contributed by atoms with Gasteiger partial charge in [0.2, 0.25) is 0 Å². The van der Waals surface area contributed by atoms with Crippen molar-refractivity contribution in [1.29, 1.82) is 0 Å². The molecule has 1 saturated heterocycles. The van der Waals surface area contributed by atoms with Crippen LogP contribution < -0.4 is 10.1 Å². The Labute approximate surface area is 147 Å². The number of hydrogen-bond donors (Lipinski definition) is 1. The molecule has 0 spiro atoms. The number of nitrogens with one attached hydrogen (secondary N) is 1. The summed E-state index contributed by atoms with van der Waals surface area (Å²) in [6.07, 6.45) is 2.00. The first-order valence-corrected chi connectivity index (χ1v) is 8.53. The summed E-state index contributed by atoms with van der Waals surface area (Å²) >= 11 is 5.95. The van der Waals surface area contributed by atoms with E-state index in [0.29, 0.717) is 28.1 Å². The molecule has 1 amide bonds. The summed E-state index contributed by atoms with van der Waals surface area (Å²) in [5.74, 6) is 1.44.